The monoisotopic (exact) mass is 333 g/mol. The summed E-state index contributed by atoms with van der Waals surface area (Å²) in [5.74, 6) is -1.80. The van der Waals surface area contributed by atoms with Gasteiger partial charge in [0, 0.05) is 12.1 Å². The molecule has 0 aliphatic carbocycles. The van der Waals surface area contributed by atoms with Gasteiger partial charge in [-0.1, -0.05) is 0 Å². The molecule has 8 heteroatoms. The number of aromatic nitrogens is 2. The number of nitrogens with zero attached hydrogens (tertiary/aromatic N) is 2. The number of carboxylic acid groups (broad SMARTS) is 1. The average molecular weight is 333 g/mol. The first-order chi connectivity index (χ1) is 11.4. The summed E-state index contributed by atoms with van der Waals surface area (Å²) < 4.78 is 18.3. The normalized spacial score (nSPS) is 20.8. The van der Waals surface area contributed by atoms with E-state index in [1.807, 2.05) is 0 Å². The Morgan fingerprint density at radius 3 is 2.71 bits per heavy atom. The molecule has 1 aromatic carbocycles. The molecule has 1 unspecified atom stereocenters. The highest BCUT2D eigenvalue weighted by atomic mass is 19.1. The molecule has 1 saturated heterocycles. The van der Waals surface area contributed by atoms with Crippen molar-refractivity contribution < 1.29 is 23.8 Å². The first kappa shape index (κ1) is 16.1. The van der Waals surface area contributed by atoms with Crippen LogP contribution in [0.15, 0.2) is 30.3 Å². The largest absolute Gasteiger partial charge is 0.479 e. The van der Waals surface area contributed by atoms with Crippen LogP contribution in [0.2, 0.25) is 0 Å². The molecule has 7 nitrogen and oxygen atoms in total. The molecule has 0 spiro atoms. The second kappa shape index (κ2) is 6.40. The Balaban J connectivity index is 1.78. The Labute approximate surface area is 137 Å². The molecule has 2 heterocycles. The van der Waals surface area contributed by atoms with Crippen LogP contribution in [0.25, 0.3) is 11.3 Å². The van der Waals surface area contributed by atoms with E-state index in [2.05, 4.69) is 10.2 Å². The quantitative estimate of drug-likeness (QED) is 0.888. The van der Waals surface area contributed by atoms with E-state index >= 15 is 0 Å². The van der Waals surface area contributed by atoms with Crippen LogP contribution in [0.3, 0.4) is 0 Å². The second-order valence-electron chi connectivity index (χ2n) is 5.66. The minimum absolute atomic E-state index is 0.0244. The van der Waals surface area contributed by atoms with E-state index in [1.165, 1.54) is 17.0 Å². The van der Waals surface area contributed by atoms with E-state index in [4.69, 9.17) is 9.84 Å². The molecule has 1 aliphatic heterocycles. The van der Waals surface area contributed by atoms with Crippen LogP contribution >= 0.6 is 0 Å². The Kier molecular flexibility index (Phi) is 4.30. The van der Waals surface area contributed by atoms with Crippen LogP contribution in [0.1, 0.15) is 17.4 Å². The number of hydrogen-bond donors (Lipinski definition) is 2. The van der Waals surface area contributed by atoms with E-state index in [0.29, 0.717) is 17.8 Å². The molecule has 1 fully saturated rings. The molecule has 1 aliphatic rings. The number of morpholine rings is 1. The van der Waals surface area contributed by atoms with Crippen molar-refractivity contribution in [2.75, 3.05) is 13.1 Å². The van der Waals surface area contributed by atoms with Crippen molar-refractivity contribution in [2.45, 2.75) is 19.1 Å². The van der Waals surface area contributed by atoms with Crippen LogP contribution in [-0.4, -0.2) is 57.4 Å². The Hall–Kier alpha value is -2.74. The molecule has 3 rings (SSSR count). The summed E-state index contributed by atoms with van der Waals surface area (Å²) in [5, 5.41) is 15.8. The van der Waals surface area contributed by atoms with Gasteiger partial charge in [0.05, 0.1) is 18.3 Å². The van der Waals surface area contributed by atoms with Crippen molar-refractivity contribution in [3.05, 3.63) is 41.8 Å². The number of rotatable bonds is 3. The highest BCUT2D eigenvalue weighted by Gasteiger charge is 2.33. The third-order valence-electron chi connectivity index (χ3n) is 3.77. The third-order valence-corrected chi connectivity index (χ3v) is 3.77. The highest BCUT2D eigenvalue weighted by Crippen LogP contribution is 2.20. The van der Waals surface area contributed by atoms with Crippen LogP contribution in [0, 0.1) is 5.82 Å². The van der Waals surface area contributed by atoms with Gasteiger partial charge in [-0.25, -0.2) is 9.18 Å². The number of ether oxygens (including phenoxy) is 1. The van der Waals surface area contributed by atoms with Gasteiger partial charge >= 0.3 is 5.97 Å². The summed E-state index contributed by atoms with van der Waals surface area (Å²) in [6, 6.07) is 7.32. The number of amides is 1. The summed E-state index contributed by atoms with van der Waals surface area (Å²) >= 11 is 0. The Bertz CT molecular complexity index is 759. The molecule has 2 aromatic rings. The molecular formula is C16H16FN3O4. The van der Waals surface area contributed by atoms with Gasteiger partial charge in [0.15, 0.2) is 6.10 Å². The fourth-order valence-electron chi connectivity index (χ4n) is 2.62. The fraction of sp³-hybridized carbons (Fsp3) is 0.312. The predicted octanol–water partition coefficient (Wildman–Crippen LogP) is 1.53. The third kappa shape index (κ3) is 3.28. The maximum absolute atomic E-state index is 13.0. The summed E-state index contributed by atoms with van der Waals surface area (Å²) in [5.41, 5.74) is 1.42. The highest BCUT2D eigenvalue weighted by molar-refractivity contribution is 5.94. The molecule has 2 N–H and O–H groups in total. The van der Waals surface area contributed by atoms with Crippen LogP contribution in [-0.2, 0) is 9.53 Å². The second-order valence-corrected chi connectivity index (χ2v) is 5.66. The van der Waals surface area contributed by atoms with Crippen molar-refractivity contribution in [1.82, 2.24) is 15.1 Å². The van der Waals surface area contributed by atoms with Gasteiger partial charge in [-0.15, -0.1) is 0 Å². The van der Waals surface area contributed by atoms with Gasteiger partial charge in [-0.3, -0.25) is 9.89 Å². The number of nitrogens with one attached hydrogen (secondary N) is 1. The van der Waals surface area contributed by atoms with Gasteiger partial charge in [0.1, 0.15) is 11.5 Å². The van der Waals surface area contributed by atoms with Crippen LogP contribution in [0.5, 0.6) is 0 Å². The number of H-pyrrole nitrogens is 1. The Morgan fingerprint density at radius 2 is 2.04 bits per heavy atom. The molecule has 1 aromatic heterocycles. The number of carboxylic acids is 1. The average Bonchev–Trinajstić information content (AvgIpc) is 3.04. The predicted molar refractivity (Wildman–Crippen MR) is 81.9 cm³/mol. The molecule has 126 valence electrons. The molecule has 0 bridgehead atoms. The molecule has 24 heavy (non-hydrogen) atoms. The number of carbonyl (C=O) groups is 2. The van der Waals surface area contributed by atoms with Gasteiger partial charge in [0.2, 0.25) is 0 Å². The van der Waals surface area contributed by atoms with Gasteiger partial charge in [0.25, 0.3) is 5.91 Å². The maximum Gasteiger partial charge on any atom is 0.334 e. The first-order valence-corrected chi connectivity index (χ1v) is 7.43. The van der Waals surface area contributed by atoms with E-state index < -0.39 is 12.1 Å². The fourth-order valence-corrected chi connectivity index (χ4v) is 2.62. The molecular weight excluding hydrogens is 317 g/mol. The summed E-state index contributed by atoms with van der Waals surface area (Å²) in [4.78, 5) is 25.1. The summed E-state index contributed by atoms with van der Waals surface area (Å²) in [6.45, 7) is 1.99. The number of aliphatic carboxylic acids is 1. The number of hydrogen-bond acceptors (Lipinski definition) is 4. The topological polar surface area (TPSA) is 95.5 Å². The van der Waals surface area contributed by atoms with Crippen molar-refractivity contribution in [2.24, 2.45) is 0 Å². The van der Waals surface area contributed by atoms with Gasteiger partial charge < -0.3 is 14.7 Å². The molecule has 0 radical (unpaired) electrons. The number of halogens is 1. The summed E-state index contributed by atoms with van der Waals surface area (Å²) in [6.07, 6.45) is -1.42. The van der Waals surface area contributed by atoms with E-state index in [0.717, 1.165) is 0 Å². The lowest BCUT2D eigenvalue weighted by molar-refractivity contribution is -0.160. The van der Waals surface area contributed by atoms with Gasteiger partial charge in [-0.05, 0) is 37.3 Å². The van der Waals surface area contributed by atoms with Crippen LogP contribution in [0.4, 0.5) is 4.39 Å². The van der Waals surface area contributed by atoms with Crippen molar-refractivity contribution in [3.8, 4) is 11.3 Å². The van der Waals surface area contributed by atoms with Crippen molar-refractivity contribution in [3.63, 3.8) is 0 Å². The zero-order valence-electron chi connectivity index (χ0n) is 12.9. The smallest absolute Gasteiger partial charge is 0.334 e. The number of benzene rings is 1. The molecule has 1 amide bonds. The molecule has 2 atom stereocenters. The van der Waals surface area contributed by atoms with Crippen molar-refractivity contribution >= 4 is 11.9 Å². The Morgan fingerprint density at radius 1 is 1.33 bits per heavy atom. The standard InChI is InChI=1S/C16H16FN3O4/c1-9-7-20(8-14(24-9)16(22)23)15(21)13-6-12(18-19-13)10-2-4-11(17)5-3-10/h2-6,9,14H,7-8H2,1H3,(H,18,19)(H,22,23)/t9-,14?/m1/s1. The zero-order chi connectivity index (χ0) is 17.3. The number of aromatic amines is 1. The van der Waals surface area contributed by atoms with E-state index in [9.17, 15) is 14.0 Å². The zero-order valence-corrected chi connectivity index (χ0v) is 12.9. The number of carbonyl (C=O) groups excluding carboxylic acids is 1. The maximum atomic E-state index is 13.0. The van der Waals surface area contributed by atoms with E-state index in [-0.39, 0.29) is 30.1 Å². The lowest BCUT2D eigenvalue weighted by atomic mass is 10.1. The minimum atomic E-state index is -1.10. The lowest BCUT2D eigenvalue weighted by Crippen LogP contribution is -2.51. The first-order valence-electron chi connectivity index (χ1n) is 7.43. The van der Waals surface area contributed by atoms with Crippen LogP contribution < -0.4 is 0 Å². The SMILES string of the molecule is C[C@@H]1CN(C(=O)c2cc(-c3ccc(F)cc3)n[nH]2)CC(C(=O)O)O1. The summed E-state index contributed by atoms with van der Waals surface area (Å²) in [7, 11) is 0. The van der Waals surface area contributed by atoms with Crippen molar-refractivity contribution in [1.29, 1.82) is 0 Å². The lowest BCUT2D eigenvalue weighted by Gasteiger charge is -2.34. The minimum Gasteiger partial charge on any atom is -0.479 e. The molecule has 0 saturated carbocycles. The van der Waals surface area contributed by atoms with E-state index in [1.54, 1.807) is 25.1 Å². The van der Waals surface area contributed by atoms with Gasteiger partial charge in [-0.2, -0.15) is 5.10 Å².